The number of hydrogen-bond donors (Lipinski definition) is 2. The number of unbranched alkanes of at least 4 members (excludes halogenated alkanes) is 1. The van der Waals surface area contributed by atoms with Crippen LogP contribution in [0.1, 0.15) is 36.0 Å². The van der Waals surface area contributed by atoms with Gasteiger partial charge in [-0.1, -0.05) is 13.3 Å². The Balaban J connectivity index is 2.03. The molecule has 0 aliphatic carbocycles. The number of carbonyl (C=O) groups is 1. The molecule has 1 aromatic carbocycles. The second-order valence-corrected chi connectivity index (χ2v) is 5.21. The highest BCUT2D eigenvalue weighted by atomic mass is 16.5. The van der Waals surface area contributed by atoms with Crippen molar-refractivity contribution < 1.29 is 19.1 Å². The molecule has 0 bridgehead atoms. The Hall–Kier alpha value is -1.92. The summed E-state index contributed by atoms with van der Waals surface area (Å²) in [5.41, 5.74) is 1.85. The van der Waals surface area contributed by atoms with Crippen molar-refractivity contribution in [3.63, 3.8) is 0 Å². The maximum absolute atomic E-state index is 12.1. The predicted octanol–water partition coefficient (Wildman–Crippen LogP) is 1.91. The SMILES string of the molecule is CCCCc1nc2cc(C(=O)NC[C@H](O)COC)ccc2o1. The summed E-state index contributed by atoms with van der Waals surface area (Å²) < 4.78 is 10.4. The second kappa shape index (κ2) is 7.91. The summed E-state index contributed by atoms with van der Waals surface area (Å²) in [6.07, 6.45) is 2.19. The van der Waals surface area contributed by atoms with Crippen LogP contribution in [0.2, 0.25) is 0 Å². The number of carbonyl (C=O) groups excluding carboxylic acids is 1. The molecule has 6 nitrogen and oxygen atoms in total. The molecular formula is C16H22N2O4. The normalized spacial score (nSPS) is 12.5. The Kier molecular flexibility index (Phi) is 5.91. The van der Waals surface area contributed by atoms with E-state index in [1.54, 1.807) is 18.2 Å². The van der Waals surface area contributed by atoms with Gasteiger partial charge in [0.05, 0.1) is 12.7 Å². The number of aliphatic hydroxyl groups is 1. The van der Waals surface area contributed by atoms with E-state index in [-0.39, 0.29) is 19.1 Å². The van der Waals surface area contributed by atoms with Crippen molar-refractivity contribution in [3.8, 4) is 0 Å². The molecule has 0 unspecified atom stereocenters. The van der Waals surface area contributed by atoms with Crippen LogP contribution in [0, 0.1) is 0 Å². The molecule has 1 aromatic heterocycles. The van der Waals surface area contributed by atoms with E-state index in [1.807, 2.05) is 0 Å². The van der Waals surface area contributed by atoms with Gasteiger partial charge in [0.25, 0.3) is 5.91 Å². The summed E-state index contributed by atoms with van der Waals surface area (Å²) in [5.74, 6) is 0.445. The van der Waals surface area contributed by atoms with Gasteiger partial charge in [0, 0.05) is 25.6 Å². The quantitative estimate of drug-likeness (QED) is 0.778. The first-order chi connectivity index (χ1) is 10.6. The fourth-order valence-electron chi connectivity index (χ4n) is 2.12. The molecule has 2 rings (SSSR count). The number of oxazole rings is 1. The van der Waals surface area contributed by atoms with Crippen molar-refractivity contribution in [3.05, 3.63) is 29.7 Å². The van der Waals surface area contributed by atoms with E-state index in [0.29, 0.717) is 22.6 Å². The summed E-state index contributed by atoms with van der Waals surface area (Å²) in [4.78, 5) is 16.5. The zero-order valence-corrected chi connectivity index (χ0v) is 13.0. The van der Waals surface area contributed by atoms with Crippen LogP contribution in [0.4, 0.5) is 0 Å². The standard InChI is InChI=1S/C16H22N2O4/c1-3-4-5-15-18-13-8-11(6-7-14(13)22-15)16(20)17-9-12(19)10-21-2/h6-8,12,19H,3-5,9-10H2,1-2H3,(H,17,20)/t12-/m0/s1. The lowest BCUT2D eigenvalue weighted by atomic mass is 10.2. The molecule has 2 N–H and O–H groups in total. The molecule has 0 spiro atoms. The minimum absolute atomic E-state index is 0.144. The number of nitrogens with one attached hydrogen (secondary N) is 1. The van der Waals surface area contributed by atoms with Crippen LogP contribution in [-0.2, 0) is 11.2 Å². The highest BCUT2D eigenvalue weighted by molar-refractivity contribution is 5.97. The van der Waals surface area contributed by atoms with Crippen molar-refractivity contribution in [2.75, 3.05) is 20.3 Å². The number of hydrogen-bond acceptors (Lipinski definition) is 5. The number of ether oxygens (including phenoxy) is 1. The van der Waals surface area contributed by atoms with E-state index in [9.17, 15) is 9.90 Å². The Morgan fingerprint density at radius 1 is 1.50 bits per heavy atom. The number of aryl methyl sites for hydroxylation is 1. The first kappa shape index (κ1) is 16.5. The molecule has 1 heterocycles. The summed E-state index contributed by atoms with van der Waals surface area (Å²) in [6, 6.07) is 5.14. The van der Waals surface area contributed by atoms with E-state index >= 15 is 0 Å². The van der Waals surface area contributed by atoms with Gasteiger partial charge in [-0.25, -0.2) is 4.98 Å². The van der Waals surface area contributed by atoms with Crippen molar-refractivity contribution >= 4 is 17.0 Å². The number of benzene rings is 1. The topological polar surface area (TPSA) is 84.6 Å². The molecule has 0 radical (unpaired) electrons. The first-order valence-electron chi connectivity index (χ1n) is 7.48. The van der Waals surface area contributed by atoms with E-state index in [2.05, 4.69) is 17.2 Å². The van der Waals surface area contributed by atoms with Crippen LogP contribution < -0.4 is 5.32 Å². The Labute approximate surface area is 129 Å². The van der Waals surface area contributed by atoms with Crippen LogP contribution in [-0.4, -0.2) is 42.4 Å². The summed E-state index contributed by atoms with van der Waals surface area (Å²) in [7, 11) is 1.50. The van der Waals surface area contributed by atoms with Crippen molar-refractivity contribution in [1.82, 2.24) is 10.3 Å². The predicted molar refractivity (Wildman–Crippen MR) is 82.8 cm³/mol. The zero-order valence-electron chi connectivity index (χ0n) is 13.0. The van der Waals surface area contributed by atoms with E-state index in [1.165, 1.54) is 7.11 Å². The molecule has 1 atom stereocenters. The highest BCUT2D eigenvalue weighted by Crippen LogP contribution is 2.18. The summed E-state index contributed by atoms with van der Waals surface area (Å²) >= 11 is 0. The number of rotatable bonds is 8. The number of aliphatic hydroxyl groups excluding tert-OH is 1. The minimum atomic E-state index is -0.717. The molecule has 1 amide bonds. The fourth-order valence-corrected chi connectivity index (χ4v) is 2.12. The summed E-state index contributed by atoms with van der Waals surface area (Å²) in [6.45, 7) is 2.44. The lowest BCUT2D eigenvalue weighted by Crippen LogP contribution is -2.34. The van der Waals surface area contributed by atoms with E-state index in [4.69, 9.17) is 9.15 Å². The van der Waals surface area contributed by atoms with E-state index < -0.39 is 6.10 Å². The average molecular weight is 306 g/mol. The van der Waals surface area contributed by atoms with E-state index in [0.717, 1.165) is 19.3 Å². The molecule has 0 aliphatic rings. The highest BCUT2D eigenvalue weighted by Gasteiger charge is 2.12. The van der Waals surface area contributed by atoms with Gasteiger partial charge in [0.15, 0.2) is 11.5 Å². The molecule has 120 valence electrons. The van der Waals surface area contributed by atoms with Gasteiger partial charge in [-0.05, 0) is 24.6 Å². The smallest absolute Gasteiger partial charge is 0.251 e. The fraction of sp³-hybridized carbons (Fsp3) is 0.500. The third kappa shape index (κ3) is 4.29. The van der Waals surface area contributed by atoms with Crippen molar-refractivity contribution in [2.24, 2.45) is 0 Å². The third-order valence-corrected chi connectivity index (χ3v) is 3.30. The molecule has 0 fully saturated rings. The largest absolute Gasteiger partial charge is 0.441 e. The minimum Gasteiger partial charge on any atom is -0.441 e. The Bertz CT molecular complexity index is 624. The number of nitrogens with zero attached hydrogens (tertiary/aromatic N) is 1. The van der Waals surface area contributed by atoms with Gasteiger partial charge in [-0.15, -0.1) is 0 Å². The third-order valence-electron chi connectivity index (χ3n) is 3.30. The lowest BCUT2D eigenvalue weighted by molar-refractivity contribution is 0.0610. The maximum Gasteiger partial charge on any atom is 0.251 e. The van der Waals surface area contributed by atoms with Crippen molar-refractivity contribution in [1.29, 1.82) is 0 Å². The molecule has 2 aromatic rings. The molecule has 6 heteroatoms. The second-order valence-electron chi connectivity index (χ2n) is 5.21. The Morgan fingerprint density at radius 2 is 2.32 bits per heavy atom. The Morgan fingerprint density at radius 3 is 3.05 bits per heavy atom. The first-order valence-corrected chi connectivity index (χ1v) is 7.48. The zero-order chi connectivity index (χ0) is 15.9. The number of aromatic nitrogens is 1. The van der Waals surface area contributed by atoms with Crippen LogP contribution in [0.3, 0.4) is 0 Å². The monoisotopic (exact) mass is 306 g/mol. The van der Waals surface area contributed by atoms with Crippen LogP contribution >= 0.6 is 0 Å². The van der Waals surface area contributed by atoms with Crippen molar-refractivity contribution in [2.45, 2.75) is 32.3 Å². The van der Waals surface area contributed by atoms with Gasteiger partial charge in [-0.3, -0.25) is 4.79 Å². The van der Waals surface area contributed by atoms with Crippen LogP contribution in [0.5, 0.6) is 0 Å². The van der Waals surface area contributed by atoms with Gasteiger partial charge in [-0.2, -0.15) is 0 Å². The van der Waals surface area contributed by atoms with Gasteiger partial charge in [0.1, 0.15) is 5.52 Å². The van der Waals surface area contributed by atoms with Crippen LogP contribution in [0.15, 0.2) is 22.6 Å². The molecule has 0 saturated heterocycles. The van der Waals surface area contributed by atoms with Gasteiger partial charge in [0.2, 0.25) is 0 Å². The molecule has 0 aliphatic heterocycles. The summed E-state index contributed by atoms with van der Waals surface area (Å²) in [5, 5.41) is 12.2. The molecule has 0 saturated carbocycles. The number of amides is 1. The van der Waals surface area contributed by atoms with Gasteiger partial charge >= 0.3 is 0 Å². The average Bonchev–Trinajstić information content (AvgIpc) is 2.92. The number of methoxy groups -OCH3 is 1. The number of fused-ring (bicyclic) bond motifs is 1. The maximum atomic E-state index is 12.1. The molecular weight excluding hydrogens is 284 g/mol. The van der Waals surface area contributed by atoms with Gasteiger partial charge < -0.3 is 19.6 Å². The molecule has 22 heavy (non-hydrogen) atoms. The lowest BCUT2D eigenvalue weighted by Gasteiger charge is -2.10. The van der Waals surface area contributed by atoms with Crippen LogP contribution in [0.25, 0.3) is 11.1 Å².